The molecule has 1 unspecified atom stereocenters. The fourth-order valence-electron chi connectivity index (χ4n) is 1.69. The Kier molecular flexibility index (Phi) is 5.57. The molecule has 0 saturated heterocycles. The van der Waals surface area contributed by atoms with Crippen LogP contribution < -0.4 is 15.8 Å². The van der Waals surface area contributed by atoms with E-state index in [4.69, 9.17) is 10.5 Å². The van der Waals surface area contributed by atoms with E-state index in [2.05, 4.69) is 25.2 Å². The number of carbonyl (C=O) groups is 1. The second-order valence-corrected chi connectivity index (χ2v) is 6.06. The molecule has 1 rings (SSSR count). The number of ether oxygens (including phenoxy) is 1. The fourth-order valence-corrected chi connectivity index (χ4v) is 1.69. The third-order valence-electron chi connectivity index (χ3n) is 3.18. The highest BCUT2D eigenvalue weighted by atomic mass is 16.5. The van der Waals surface area contributed by atoms with Crippen LogP contribution in [-0.4, -0.2) is 24.1 Å². The van der Waals surface area contributed by atoms with Gasteiger partial charge in [-0.1, -0.05) is 26.0 Å². The van der Waals surface area contributed by atoms with E-state index in [-0.39, 0.29) is 5.91 Å². The van der Waals surface area contributed by atoms with Gasteiger partial charge in [-0.25, -0.2) is 0 Å². The lowest BCUT2D eigenvalue weighted by Gasteiger charge is -2.26. The number of amides is 1. The van der Waals surface area contributed by atoms with Gasteiger partial charge in [0, 0.05) is 12.1 Å². The van der Waals surface area contributed by atoms with Gasteiger partial charge in [-0.3, -0.25) is 4.79 Å². The average molecular weight is 278 g/mol. The van der Waals surface area contributed by atoms with Crippen molar-refractivity contribution in [1.29, 1.82) is 0 Å². The molecule has 1 aromatic rings. The second kappa shape index (κ2) is 6.75. The van der Waals surface area contributed by atoms with Gasteiger partial charge in [-0.15, -0.1) is 0 Å². The maximum Gasteiger partial charge on any atom is 0.261 e. The van der Waals surface area contributed by atoms with Crippen molar-refractivity contribution in [2.24, 2.45) is 5.73 Å². The van der Waals surface area contributed by atoms with Crippen LogP contribution in [0.15, 0.2) is 24.3 Å². The van der Waals surface area contributed by atoms with Crippen LogP contribution in [-0.2, 0) is 4.79 Å². The number of hydrogen-bond acceptors (Lipinski definition) is 3. The SMILES string of the molecule is CC(Oc1cccc(C(C)C)c1)C(=O)NC(C)(C)CN. The molecule has 3 N–H and O–H groups in total. The van der Waals surface area contributed by atoms with Crippen LogP contribution in [0.4, 0.5) is 0 Å². The van der Waals surface area contributed by atoms with Gasteiger partial charge in [-0.05, 0) is 44.4 Å². The van der Waals surface area contributed by atoms with E-state index in [1.54, 1.807) is 6.92 Å². The summed E-state index contributed by atoms with van der Waals surface area (Å²) < 4.78 is 5.70. The Morgan fingerprint density at radius 2 is 2.00 bits per heavy atom. The summed E-state index contributed by atoms with van der Waals surface area (Å²) in [5, 5.41) is 2.87. The molecule has 1 atom stereocenters. The first-order valence-electron chi connectivity index (χ1n) is 7.04. The van der Waals surface area contributed by atoms with E-state index in [1.165, 1.54) is 5.56 Å². The normalized spacial score (nSPS) is 13.2. The monoisotopic (exact) mass is 278 g/mol. The maximum absolute atomic E-state index is 12.0. The third-order valence-corrected chi connectivity index (χ3v) is 3.18. The molecule has 0 aliphatic carbocycles. The standard InChI is InChI=1S/C16H26N2O2/c1-11(2)13-7-6-8-14(9-13)20-12(3)15(19)18-16(4,5)10-17/h6-9,11-12H,10,17H2,1-5H3,(H,18,19). The second-order valence-electron chi connectivity index (χ2n) is 6.06. The van der Waals surface area contributed by atoms with Crippen LogP contribution in [0.3, 0.4) is 0 Å². The Labute approximate surface area is 121 Å². The van der Waals surface area contributed by atoms with E-state index in [9.17, 15) is 4.79 Å². The highest BCUT2D eigenvalue weighted by Gasteiger charge is 2.23. The summed E-state index contributed by atoms with van der Waals surface area (Å²) in [4.78, 5) is 12.0. The molecule has 0 aliphatic rings. The van der Waals surface area contributed by atoms with E-state index in [1.807, 2.05) is 32.0 Å². The van der Waals surface area contributed by atoms with E-state index >= 15 is 0 Å². The molecule has 0 heterocycles. The Bertz CT molecular complexity index is 456. The van der Waals surface area contributed by atoms with E-state index in [0.29, 0.717) is 18.2 Å². The van der Waals surface area contributed by atoms with Crippen LogP contribution in [0.2, 0.25) is 0 Å². The van der Waals surface area contributed by atoms with Crippen molar-refractivity contribution in [3.8, 4) is 5.75 Å². The number of rotatable bonds is 6. The molecule has 4 heteroatoms. The Balaban J connectivity index is 2.68. The topological polar surface area (TPSA) is 64.3 Å². The van der Waals surface area contributed by atoms with E-state index < -0.39 is 11.6 Å². The zero-order chi connectivity index (χ0) is 15.3. The molecular weight excluding hydrogens is 252 g/mol. The predicted octanol–water partition coefficient (Wildman–Crippen LogP) is 2.43. The molecule has 0 saturated carbocycles. The number of carbonyl (C=O) groups excluding carboxylic acids is 1. The lowest BCUT2D eigenvalue weighted by molar-refractivity contribution is -0.128. The number of nitrogens with two attached hydrogens (primary N) is 1. The van der Waals surface area contributed by atoms with Crippen molar-refractivity contribution in [3.05, 3.63) is 29.8 Å². The highest BCUT2D eigenvalue weighted by molar-refractivity contribution is 5.81. The molecule has 20 heavy (non-hydrogen) atoms. The Morgan fingerprint density at radius 1 is 1.35 bits per heavy atom. The summed E-state index contributed by atoms with van der Waals surface area (Å²) >= 11 is 0. The van der Waals surface area contributed by atoms with E-state index in [0.717, 1.165) is 0 Å². The van der Waals surface area contributed by atoms with Crippen LogP contribution in [0.5, 0.6) is 5.75 Å². The Morgan fingerprint density at radius 3 is 2.55 bits per heavy atom. The smallest absolute Gasteiger partial charge is 0.261 e. The minimum atomic E-state index is -0.553. The van der Waals surface area contributed by atoms with Crippen LogP contribution in [0, 0.1) is 0 Å². The molecule has 0 fully saturated rings. The number of hydrogen-bond donors (Lipinski definition) is 2. The van der Waals surface area contributed by atoms with Crippen molar-refractivity contribution in [2.75, 3.05) is 6.54 Å². The van der Waals surface area contributed by atoms with Crippen molar-refractivity contribution in [1.82, 2.24) is 5.32 Å². The molecule has 112 valence electrons. The molecule has 0 aromatic heterocycles. The van der Waals surface area contributed by atoms with Crippen LogP contribution >= 0.6 is 0 Å². The van der Waals surface area contributed by atoms with Crippen LogP contribution in [0.25, 0.3) is 0 Å². The first-order chi connectivity index (χ1) is 9.25. The maximum atomic E-state index is 12.0. The summed E-state index contributed by atoms with van der Waals surface area (Å²) in [6, 6.07) is 7.84. The average Bonchev–Trinajstić information content (AvgIpc) is 2.38. The zero-order valence-electron chi connectivity index (χ0n) is 13.1. The molecule has 1 amide bonds. The van der Waals surface area contributed by atoms with Crippen molar-refractivity contribution in [2.45, 2.75) is 52.2 Å². The van der Waals surface area contributed by atoms with Crippen molar-refractivity contribution >= 4 is 5.91 Å². The van der Waals surface area contributed by atoms with Gasteiger partial charge in [0.2, 0.25) is 0 Å². The molecule has 0 aliphatic heterocycles. The molecular formula is C16H26N2O2. The summed E-state index contributed by atoms with van der Waals surface area (Å²) in [6.45, 7) is 10.1. The number of nitrogens with one attached hydrogen (secondary N) is 1. The molecule has 0 spiro atoms. The van der Waals surface area contributed by atoms with Crippen LogP contribution in [0.1, 0.15) is 46.1 Å². The Hall–Kier alpha value is -1.55. The van der Waals surface area contributed by atoms with Gasteiger partial charge in [-0.2, -0.15) is 0 Å². The first kappa shape index (κ1) is 16.5. The van der Waals surface area contributed by atoms with Gasteiger partial charge in [0.25, 0.3) is 5.91 Å². The largest absolute Gasteiger partial charge is 0.481 e. The zero-order valence-corrected chi connectivity index (χ0v) is 13.1. The fraction of sp³-hybridized carbons (Fsp3) is 0.562. The van der Waals surface area contributed by atoms with Gasteiger partial charge < -0.3 is 15.8 Å². The minimum absolute atomic E-state index is 0.157. The molecule has 0 radical (unpaired) electrons. The van der Waals surface area contributed by atoms with Crippen molar-refractivity contribution < 1.29 is 9.53 Å². The lowest BCUT2D eigenvalue weighted by atomic mass is 10.0. The number of benzene rings is 1. The van der Waals surface area contributed by atoms with Crippen molar-refractivity contribution in [3.63, 3.8) is 0 Å². The summed E-state index contributed by atoms with van der Waals surface area (Å²) in [5.74, 6) is 0.985. The van der Waals surface area contributed by atoms with Gasteiger partial charge in [0.15, 0.2) is 6.10 Å². The molecule has 1 aromatic carbocycles. The van der Waals surface area contributed by atoms with Gasteiger partial charge >= 0.3 is 0 Å². The summed E-state index contributed by atoms with van der Waals surface area (Å²) in [5.41, 5.74) is 6.37. The highest BCUT2D eigenvalue weighted by Crippen LogP contribution is 2.21. The lowest BCUT2D eigenvalue weighted by Crippen LogP contribution is -2.52. The minimum Gasteiger partial charge on any atom is -0.481 e. The molecule has 4 nitrogen and oxygen atoms in total. The summed E-state index contributed by atoms with van der Waals surface area (Å²) in [7, 11) is 0. The first-order valence-corrected chi connectivity index (χ1v) is 7.04. The molecule has 0 bridgehead atoms. The van der Waals surface area contributed by atoms with Gasteiger partial charge in [0.05, 0.1) is 0 Å². The quantitative estimate of drug-likeness (QED) is 0.840. The third kappa shape index (κ3) is 4.85. The predicted molar refractivity (Wildman–Crippen MR) is 81.9 cm³/mol. The summed E-state index contributed by atoms with van der Waals surface area (Å²) in [6.07, 6.45) is -0.553. The van der Waals surface area contributed by atoms with Gasteiger partial charge in [0.1, 0.15) is 5.75 Å².